The Bertz CT molecular complexity index is 387. The fourth-order valence-electron chi connectivity index (χ4n) is 0.972. The highest BCUT2D eigenvalue weighted by Gasteiger charge is 1.92. The van der Waals surface area contributed by atoms with E-state index in [4.69, 9.17) is 0 Å². The van der Waals surface area contributed by atoms with Gasteiger partial charge >= 0.3 is 0 Å². The number of hydrogen-bond donors (Lipinski definition) is 0. The Morgan fingerprint density at radius 2 is 1.69 bits per heavy atom. The second kappa shape index (κ2) is 4.88. The van der Waals surface area contributed by atoms with Gasteiger partial charge in [-0.1, -0.05) is 35.2 Å². The molecule has 0 radical (unpaired) electrons. The second-order valence-corrected chi connectivity index (χ2v) is 2.88. The van der Waals surface area contributed by atoms with E-state index in [0.717, 1.165) is 16.5 Å². The molecule has 0 aliphatic carbocycles. The first-order valence-electron chi connectivity index (χ1n) is 4.33. The van der Waals surface area contributed by atoms with Crippen molar-refractivity contribution in [3.63, 3.8) is 0 Å². The molecule has 2 nitrogen and oxygen atoms in total. The highest BCUT2D eigenvalue weighted by molar-refractivity contribution is 7.26. The van der Waals surface area contributed by atoms with Gasteiger partial charge in [-0.05, 0) is 12.1 Å². The number of aromatic nitrogens is 2. The lowest BCUT2D eigenvalue weighted by Crippen LogP contribution is -1.98. The van der Waals surface area contributed by atoms with Gasteiger partial charge in [-0.3, -0.25) is 4.98 Å². The number of rotatable bonds is 0. The van der Waals surface area contributed by atoms with Crippen molar-refractivity contribution in [3.05, 3.63) is 30.5 Å². The summed E-state index contributed by atoms with van der Waals surface area (Å²) in [6.45, 7) is 4.00. The molecule has 68 valence electrons. The van der Waals surface area contributed by atoms with Crippen LogP contribution < -0.4 is 5.44 Å². The normalized spacial score (nSPS) is 9.15. The largest absolute Gasteiger partial charge is 0.252 e. The zero-order valence-corrected chi connectivity index (χ0v) is 9.01. The Kier molecular flexibility index (Phi) is 3.78. The average molecular weight is 192 g/mol. The van der Waals surface area contributed by atoms with Crippen molar-refractivity contribution < 1.29 is 0 Å². The van der Waals surface area contributed by atoms with Gasteiger partial charge in [0.25, 0.3) is 0 Å². The predicted octanol–water partition coefficient (Wildman–Crippen LogP) is 2.16. The monoisotopic (exact) mass is 192 g/mol. The fourth-order valence-corrected chi connectivity index (χ4v) is 1.19. The van der Waals surface area contributed by atoms with Crippen LogP contribution in [0.5, 0.6) is 0 Å². The molecule has 0 saturated carbocycles. The van der Waals surface area contributed by atoms with E-state index in [1.54, 1.807) is 6.20 Å². The van der Waals surface area contributed by atoms with Crippen LogP contribution in [0.4, 0.5) is 0 Å². The van der Waals surface area contributed by atoms with Crippen molar-refractivity contribution in [2.24, 2.45) is 0 Å². The molecule has 0 aliphatic rings. The first-order chi connectivity index (χ1) is 6.36. The highest BCUT2D eigenvalue weighted by Crippen LogP contribution is 2.05. The molecule has 1 aromatic heterocycles. The van der Waals surface area contributed by atoms with E-state index in [0.29, 0.717) is 0 Å². The Morgan fingerprint density at radius 1 is 1.08 bits per heavy atom. The van der Waals surface area contributed by atoms with Crippen LogP contribution in [0.2, 0.25) is 0 Å². The minimum Gasteiger partial charge on any atom is -0.252 e. The van der Waals surface area contributed by atoms with Gasteiger partial charge in [0.1, 0.15) is 0 Å². The number of nitrogens with zero attached hydrogens (tertiary/aromatic N) is 2. The minimum atomic E-state index is 0.878. The third-order valence-corrected chi connectivity index (χ3v) is 1.75. The summed E-state index contributed by atoms with van der Waals surface area (Å²) in [6.07, 6.45) is 1.74. The molecule has 1 unspecified atom stereocenters. The van der Waals surface area contributed by atoms with Crippen LogP contribution in [0, 0.1) is 0 Å². The Morgan fingerprint density at radius 3 is 2.38 bits per heavy atom. The van der Waals surface area contributed by atoms with Crippen LogP contribution in [0.3, 0.4) is 0 Å². The maximum atomic E-state index is 4.28. The highest BCUT2D eigenvalue weighted by atomic mass is 31.0. The second-order valence-electron chi connectivity index (χ2n) is 2.28. The summed E-state index contributed by atoms with van der Waals surface area (Å²) >= 11 is 0. The van der Waals surface area contributed by atoms with Crippen molar-refractivity contribution in [2.75, 3.05) is 0 Å². The van der Waals surface area contributed by atoms with E-state index >= 15 is 0 Å². The molecule has 2 aromatic rings. The predicted molar refractivity (Wildman–Crippen MR) is 60.2 cm³/mol. The van der Waals surface area contributed by atoms with E-state index in [1.807, 2.05) is 38.1 Å². The molecule has 0 aliphatic heterocycles. The first-order valence-corrected chi connectivity index (χ1v) is 4.91. The summed E-state index contributed by atoms with van der Waals surface area (Å²) in [5.41, 5.74) is 2.77. The minimum absolute atomic E-state index is 0.878. The van der Waals surface area contributed by atoms with Gasteiger partial charge in [0.2, 0.25) is 0 Å². The van der Waals surface area contributed by atoms with Gasteiger partial charge in [-0.2, -0.15) is 0 Å². The van der Waals surface area contributed by atoms with Crippen LogP contribution in [0.25, 0.3) is 11.0 Å². The van der Waals surface area contributed by atoms with Gasteiger partial charge in [-0.25, -0.2) is 4.98 Å². The van der Waals surface area contributed by atoms with Gasteiger partial charge in [-0.15, -0.1) is 0 Å². The third-order valence-electron chi connectivity index (χ3n) is 1.47. The molecule has 0 saturated heterocycles. The molecule has 0 spiro atoms. The molecule has 0 bridgehead atoms. The average Bonchev–Trinajstić information content (AvgIpc) is 2.21. The zero-order valence-electron chi connectivity index (χ0n) is 7.86. The number of para-hydroxylation sites is 2. The molecule has 0 amide bonds. The molecule has 0 N–H and O–H groups in total. The SMILES string of the molecule is CC.Pc1cnc2ccccc2n1. The summed E-state index contributed by atoms with van der Waals surface area (Å²) in [7, 11) is 2.53. The number of hydrogen-bond acceptors (Lipinski definition) is 2. The first kappa shape index (κ1) is 10.1. The van der Waals surface area contributed by atoms with Crippen molar-refractivity contribution >= 4 is 25.7 Å². The van der Waals surface area contributed by atoms with Gasteiger partial charge in [0.05, 0.1) is 22.7 Å². The van der Waals surface area contributed by atoms with E-state index in [-0.39, 0.29) is 0 Å². The van der Waals surface area contributed by atoms with Crippen LogP contribution in [-0.4, -0.2) is 9.97 Å². The maximum Gasteiger partial charge on any atom is 0.0894 e. The smallest absolute Gasteiger partial charge is 0.0894 e. The molecule has 3 heteroatoms. The standard InChI is InChI=1S/C8H7N2P.C2H6/c11-8-5-9-6-3-1-2-4-7(6)10-8;1-2/h1-5H,11H2;1-2H3. The Balaban J connectivity index is 0.000000396. The van der Waals surface area contributed by atoms with Crippen molar-refractivity contribution in [1.29, 1.82) is 0 Å². The Hall–Kier alpha value is -1.01. The lowest BCUT2D eigenvalue weighted by atomic mass is 10.3. The van der Waals surface area contributed by atoms with E-state index < -0.39 is 0 Å². The fraction of sp³-hybridized carbons (Fsp3) is 0.200. The summed E-state index contributed by atoms with van der Waals surface area (Å²) in [5.74, 6) is 0. The van der Waals surface area contributed by atoms with Crippen LogP contribution in [0.15, 0.2) is 30.5 Å². The zero-order chi connectivity index (χ0) is 9.68. The van der Waals surface area contributed by atoms with Gasteiger partial charge < -0.3 is 0 Å². The molecular weight excluding hydrogens is 179 g/mol. The van der Waals surface area contributed by atoms with Crippen molar-refractivity contribution in [3.8, 4) is 0 Å². The summed E-state index contributed by atoms with van der Waals surface area (Å²) < 4.78 is 0. The van der Waals surface area contributed by atoms with E-state index in [1.165, 1.54) is 0 Å². The van der Waals surface area contributed by atoms with Crippen LogP contribution in [0.1, 0.15) is 13.8 Å². The molecule has 1 heterocycles. The molecule has 0 fully saturated rings. The van der Waals surface area contributed by atoms with Gasteiger partial charge in [0, 0.05) is 0 Å². The van der Waals surface area contributed by atoms with Crippen molar-refractivity contribution in [2.45, 2.75) is 13.8 Å². The maximum absolute atomic E-state index is 4.28. The molecular formula is C10H13N2P. The van der Waals surface area contributed by atoms with E-state index in [2.05, 4.69) is 19.2 Å². The number of fused-ring (bicyclic) bond motifs is 1. The quantitative estimate of drug-likeness (QED) is 0.598. The molecule has 13 heavy (non-hydrogen) atoms. The topological polar surface area (TPSA) is 25.8 Å². The van der Waals surface area contributed by atoms with Crippen LogP contribution in [-0.2, 0) is 0 Å². The molecule has 1 aromatic carbocycles. The lowest BCUT2D eigenvalue weighted by Gasteiger charge is -1.94. The van der Waals surface area contributed by atoms with Gasteiger partial charge in [0.15, 0.2) is 0 Å². The molecule has 1 atom stereocenters. The Labute approximate surface area is 80.6 Å². The summed E-state index contributed by atoms with van der Waals surface area (Å²) in [6, 6.07) is 7.82. The third kappa shape index (κ3) is 2.46. The summed E-state index contributed by atoms with van der Waals surface area (Å²) in [4.78, 5) is 8.47. The summed E-state index contributed by atoms with van der Waals surface area (Å²) in [5, 5.41) is 0. The number of benzene rings is 1. The van der Waals surface area contributed by atoms with E-state index in [9.17, 15) is 0 Å². The van der Waals surface area contributed by atoms with Crippen molar-refractivity contribution in [1.82, 2.24) is 9.97 Å². The molecule has 2 rings (SSSR count). The van der Waals surface area contributed by atoms with Crippen LogP contribution >= 0.6 is 9.24 Å². The lowest BCUT2D eigenvalue weighted by molar-refractivity contribution is 1.34.